The predicted molar refractivity (Wildman–Crippen MR) is 114 cm³/mol. The maximum Gasteiger partial charge on any atom is 0.338 e. The van der Waals surface area contributed by atoms with Crippen molar-refractivity contribution in [1.82, 2.24) is 5.32 Å². The smallest absolute Gasteiger partial charge is 0.338 e. The summed E-state index contributed by atoms with van der Waals surface area (Å²) in [5, 5.41) is 11.5. The lowest BCUT2D eigenvalue weighted by Gasteiger charge is -2.35. The van der Waals surface area contributed by atoms with Crippen LogP contribution in [0.3, 0.4) is 0 Å². The summed E-state index contributed by atoms with van der Waals surface area (Å²) >= 11 is 0. The number of urea groups is 1. The van der Waals surface area contributed by atoms with Crippen LogP contribution in [0.15, 0.2) is 59.8 Å². The molecule has 0 fully saturated rings. The Morgan fingerprint density at radius 2 is 1.77 bits per heavy atom. The Hall–Kier alpha value is -3.99. The number of carbonyl (C=O) groups is 2. The maximum atomic E-state index is 13.0. The monoisotopic (exact) mass is 421 g/mol. The van der Waals surface area contributed by atoms with Gasteiger partial charge in [-0.1, -0.05) is 12.1 Å². The fourth-order valence-electron chi connectivity index (χ4n) is 3.38. The average molecular weight is 421 g/mol. The minimum absolute atomic E-state index is 0.0661. The summed E-state index contributed by atoms with van der Waals surface area (Å²) in [6.45, 7) is 3.59. The molecule has 8 nitrogen and oxygen atoms in total. The van der Waals surface area contributed by atoms with Crippen molar-refractivity contribution in [3.8, 4) is 17.6 Å². The average Bonchev–Trinajstić information content (AvgIpc) is 2.78. The molecule has 1 N–H and O–H groups in total. The van der Waals surface area contributed by atoms with Gasteiger partial charge in [-0.25, -0.2) is 9.59 Å². The Balaban J connectivity index is 2.02. The van der Waals surface area contributed by atoms with E-state index in [-0.39, 0.29) is 19.2 Å². The molecule has 1 heterocycles. The zero-order valence-corrected chi connectivity index (χ0v) is 17.5. The molecule has 0 bridgehead atoms. The number of ether oxygens (including phenoxy) is 3. The van der Waals surface area contributed by atoms with E-state index in [0.717, 1.165) is 0 Å². The molecule has 1 aliphatic rings. The number of methoxy groups -OCH3 is 1. The number of nitrogens with one attached hydrogen (secondary N) is 1. The zero-order valence-electron chi connectivity index (χ0n) is 17.5. The van der Waals surface area contributed by atoms with Gasteiger partial charge in [0.1, 0.15) is 17.6 Å². The van der Waals surface area contributed by atoms with E-state index in [1.54, 1.807) is 69.5 Å². The number of nitriles is 1. The first-order valence-electron chi connectivity index (χ1n) is 9.72. The van der Waals surface area contributed by atoms with Gasteiger partial charge in [0.15, 0.2) is 6.61 Å². The van der Waals surface area contributed by atoms with Crippen LogP contribution in [-0.4, -0.2) is 32.3 Å². The van der Waals surface area contributed by atoms with Gasteiger partial charge in [-0.2, -0.15) is 5.26 Å². The quantitative estimate of drug-likeness (QED) is 0.684. The van der Waals surface area contributed by atoms with Crippen LogP contribution in [0.2, 0.25) is 0 Å². The highest BCUT2D eigenvalue weighted by molar-refractivity contribution is 6.03. The highest BCUT2D eigenvalue weighted by Gasteiger charge is 2.37. The van der Waals surface area contributed by atoms with E-state index in [1.807, 2.05) is 6.07 Å². The number of anilines is 1. The van der Waals surface area contributed by atoms with Crippen LogP contribution in [0, 0.1) is 11.3 Å². The molecule has 31 heavy (non-hydrogen) atoms. The molecule has 8 heteroatoms. The summed E-state index contributed by atoms with van der Waals surface area (Å²) in [4.78, 5) is 27.3. The lowest BCUT2D eigenvalue weighted by Crippen LogP contribution is -2.48. The van der Waals surface area contributed by atoms with E-state index in [0.29, 0.717) is 34.0 Å². The minimum atomic E-state index is -0.689. The number of benzene rings is 2. The third-order valence-corrected chi connectivity index (χ3v) is 4.83. The number of nitrogens with zero attached hydrogens (tertiary/aromatic N) is 2. The molecule has 2 amide bonds. The van der Waals surface area contributed by atoms with Crippen molar-refractivity contribution in [2.75, 3.05) is 25.2 Å². The number of hydrogen-bond acceptors (Lipinski definition) is 6. The summed E-state index contributed by atoms with van der Waals surface area (Å²) < 4.78 is 15.7. The first-order valence-corrected chi connectivity index (χ1v) is 9.72. The van der Waals surface area contributed by atoms with Crippen LogP contribution < -0.4 is 19.7 Å². The number of esters is 1. The molecule has 0 aliphatic carbocycles. The summed E-state index contributed by atoms with van der Waals surface area (Å²) in [7, 11) is 1.56. The maximum absolute atomic E-state index is 13.0. The van der Waals surface area contributed by atoms with Gasteiger partial charge in [-0.05, 0) is 55.8 Å². The standard InChI is InChI=1S/C23H23N3O5/c1-4-30-22(27)20-15(2)26(17-7-11-18(29-3)12-8-17)23(28)25-21(20)16-5-9-19(10-6-16)31-14-13-24/h5-12,21H,4,14H2,1-3H3,(H,25,28)/t21-/m1/s1. The highest BCUT2D eigenvalue weighted by Crippen LogP contribution is 2.35. The summed E-state index contributed by atoms with van der Waals surface area (Å²) in [6, 6.07) is 14.7. The van der Waals surface area contributed by atoms with Crippen LogP contribution >= 0.6 is 0 Å². The molecule has 0 saturated carbocycles. The van der Waals surface area contributed by atoms with Crippen molar-refractivity contribution in [2.45, 2.75) is 19.9 Å². The molecule has 0 spiro atoms. The third kappa shape index (κ3) is 4.61. The molecule has 0 saturated heterocycles. The van der Waals surface area contributed by atoms with Crippen molar-refractivity contribution in [2.24, 2.45) is 0 Å². The molecule has 1 atom stereocenters. The molecular weight excluding hydrogens is 398 g/mol. The van der Waals surface area contributed by atoms with Gasteiger partial charge in [0.05, 0.1) is 31.0 Å². The Morgan fingerprint density at radius 3 is 2.35 bits per heavy atom. The Labute approximate surface area is 180 Å². The van der Waals surface area contributed by atoms with Gasteiger partial charge < -0.3 is 19.5 Å². The fraction of sp³-hybridized carbons (Fsp3) is 0.261. The Bertz CT molecular complexity index is 1020. The predicted octanol–water partition coefficient (Wildman–Crippen LogP) is 3.71. The second kappa shape index (κ2) is 9.67. The first kappa shape index (κ1) is 21.7. The van der Waals surface area contributed by atoms with Gasteiger partial charge in [0.2, 0.25) is 0 Å². The lowest BCUT2D eigenvalue weighted by atomic mass is 9.94. The molecule has 0 unspecified atom stereocenters. The van der Waals surface area contributed by atoms with E-state index >= 15 is 0 Å². The van der Waals surface area contributed by atoms with Gasteiger partial charge in [0.25, 0.3) is 0 Å². The fourth-order valence-corrected chi connectivity index (χ4v) is 3.38. The van der Waals surface area contributed by atoms with Gasteiger partial charge in [-0.15, -0.1) is 0 Å². The number of allylic oxidation sites excluding steroid dienone is 1. The van der Waals surface area contributed by atoms with E-state index in [9.17, 15) is 9.59 Å². The Morgan fingerprint density at radius 1 is 1.13 bits per heavy atom. The first-order chi connectivity index (χ1) is 15.0. The second-order valence-electron chi connectivity index (χ2n) is 6.65. The van der Waals surface area contributed by atoms with Crippen molar-refractivity contribution in [1.29, 1.82) is 5.26 Å². The molecule has 0 aromatic heterocycles. The van der Waals surface area contributed by atoms with E-state index in [2.05, 4.69) is 5.32 Å². The molecule has 3 rings (SSSR count). The zero-order chi connectivity index (χ0) is 22.4. The van der Waals surface area contributed by atoms with Crippen molar-refractivity contribution in [3.63, 3.8) is 0 Å². The van der Waals surface area contributed by atoms with Crippen molar-refractivity contribution < 1.29 is 23.8 Å². The number of carbonyl (C=O) groups excluding carboxylic acids is 2. The SMILES string of the molecule is CCOC(=O)C1=C(C)N(c2ccc(OC)cc2)C(=O)N[C@@H]1c1ccc(OCC#N)cc1. The van der Waals surface area contributed by atoms with E-state index < -0.39 is 12.0 Å². The van der Waals surface area contributed by atoms with Crippen molar-refractivity contribution >= 4 is 17.7 Å². The molecule has 1 aliphatic heterocycles. The van der Waals surface area contributed by atoms with Gasteiger partial charge >= 0.3 is 12.0 Å². The number of amides is 2. The molecular formula is C23H23N3O5. The molecule has 0 radical (unpaired) electrons. The summed E-state index contributed by atoms with van der Waals surface area (Å²) in [6.07, 6.45) is 0. The van der Waals surface area contributed by atoms with Crippen LogP contribution in [-0.2, 0) is 9.53 Å². The Kier molecular flexibility index (Phi) is 6.78. The molecule has 2 aromatic rings. The second-order valence-corrected chi connectivity index (χ2v) is 6.65. The van der Waals surface area contributed by atoms with Crippen LogP contribution in [0.4, 0.5) is 10.5 Å². The summed E-state index contributed by atoms with van der Waals surface area (Å²) in [5.74, 6) is 0.670. The summed E-state index contributed by atoms with van der Waals surface area (Å²) in [5.41, 5.74) is 2.09. The van der Waals surface area contributed by atoms with Crippen molar-refractivity contribution in [3.05, 3.63) is 65.4 Å². The largest absolute Gasteiger partial charge is 0.497 e. The number of rotatable bonds is 7. The molecule has 160 valence electrons. The molecule has 2 aromatic carbocycles. The number of hydrogen-bond donors (Lipinski definition) is 1. The van der Waals surface area contributed by atoms with Crippen LogP contribution in [0.25, 0.3) is 0 Å². The van der Waals surface area contributed by atoms with E-state index in [4.69, 9.17) is 19.5 Å². The third-order valence-electron chi connectivity index (χ3n) is 4.83. The van der Waals surface area contributed by atoms with Gasteiger partial charge in [-0.3, -0.25) is 4.90 Å². The van der Waals surface area contributed by atoms with Crippen LogP contribution in [0.5, 0.6) is 11.5 Å². The van der Waals surface area contributed by atoms with E-state index in [1.165, 1.54) is 4.90 Å². The topological polar surface area (TPSA) is 101 Å². The minimum Gasteiger partial charge on any atom is -0.497 e. The van der Waals surface area contributed by atoms with Gasteiger partial charge in [0, 0.05) is 5.70 Å². The van der Waals surface area contributed by atoms with Crippen LogP contribution in [0.1, 0.15) is 25.5 Å². The lowest BCUT2D eigenvalue weighted by molar-refractivity contribution is -0.139. The highest BCUT2D eigenvalue weighted by atomic mass is 16.5. The normalized spacial score (nSPS) is 15.7.